The lowest BCUT2D eigenvalue weighted by Crippen LogP contribution is -2.36. The lowest BCUT2D eigenvalue weighted by atomic mass is 10.1. The van der Waals surface area contributed by atoms with Crippen LogP contribution < -0.4 is 5.56 Å². The molecule has 26 heavy (non-hydrogen) atoms. The van der Waals surface area contributed by atoms with Crippen molar-refractivity contribution in [1.82, 2.24) is 14.9 Å². The van der Waals surface area contributed by atoms with Crippen molar-refractivity contribution in [3.05, 3.63) is 61.3 Å². The van der Waals surface area contributed by atoms with Crippen molar-refractivity contribution < 1.29 is 17.7 Å². The molecule has 0 radical (unpaired) electrons. The third kappa shape index (κ3) is 3.63. The molecular weight excluding hydrogens is 367 g/mol. The van der Waals surface area contributed by atoms with Gasteiger partial charge in [-0.15, -0.1) is 0 Å². The average molecular weight is 382 g/mol. The van der Waals surface area contributed by atoms with Crippen LogP contribution in [-0.2, 0) is 29.3 Å². The molecule has 0 amide bonds. The number of sulfone groups is 1. The van der Waals surface area contributed by atoms with E-state index in [2.05, 4.69) is 9.97 Å². The summed E-state index contributed by atoms with van der Waals surface area (Å²) in [5.74, 6) is -0.906. The molecule has 0 unspecified atom stereocenters. The second-order valence-corrected chi connectivity index (χ2v) is 8.00. The van der Waals surface area contributed by atoms with E-state index >= 15 is 0 Å². The molecule has 0 bridgehead atoms. The number of fused-ring (bicyclic) bond motifs is 1. The van der Waals surface area contributed by atoms with E-state index in [1.165, 1.54) is 12.1 Å². The first-order valence-electron chi connectivity index (χ1n) is 7.62. The maximum atomic E-state index is 13.4. The van der Waals surface area contributed by atoms with Crippen molar-refractivity contribution in [3.63, 3.8) is 0 Å². The van der Waals surface area contributed by atoms with Gasteiger partial charge in [0.1, 0.15) is 0 Å². The van der Waals surface area contributed by atoms with Gasteiger partial charge in [-0.25, -0.2) is 13.4 Å². The predicted molar refractivity (Wildman–Crippen MR) is 88.8 cm³/mol. The van der Waals surface area contributed by atoms with Gasteiger partial charge in [-0.3, -0.25) is 24.8 Å². The first-order chi connectivity index (χ1) is 12.1. The van der Waals surface area contributed by atoms with E-state index in [-0.39, 0.29) is 18.2 Å². The Balaban J connectivity index is 1.85. The Labute approximate surface area is 147 Å². The quantitative estimate of drug-likeness (QED) is 0.470. The molecule has 1 aromatic heterocycles. The molecular formula is C15H15FN4O5S. The van der Waals surface area contributed by atoms with Gasteiger partial charge in [0.05, 0.1) is 16.2 Å². The van der Waals surface area contributed by atoms with Crippen LogP contribution in [0.2, 0.25) is 0 Å². The Morgan fingerprint density at radius 1 is 1.42 bits per heavy atom. The monoisotopic (exact) mass is 382 g/mol. The number of aromatic nitrogens is 2. The van der Waals surface area contributed by atoms with Crippen LogP contribution in [-0.4, -0.2) is 41.0 Å². The molecule has 1 aromatic carbocycles. The molecule has 9 nitrogen and oxygen atoms in total. The van der Waals surface area contributed by atoms with E-state index in [1.807, 2.05) is 4.90 Å². The number of rotatable bonds is 4. The fraction of sp³-hybridized carbons (Fsp3) is 0.333. The van der Waals surface area contributed by atoms with E-state index in [4.69, 9.17) is 0 Å². The van der Waals surface area contributed by atoms with Crippen LogP contribution >= 0.6 is 0 Å². The largest absolute Gasteiger partial charge is 0.305 e. The van der Waals surface area contributed by atoms with Crippen LogP contribution in [0.25, 0.3) is 0 Å². The molecule has 0 saturated heterocycles. The van der Waals surface area contributed by atoms with Crippen LogP contribution in [0.4, 0.5) is 10.1 Å². The zero-order valence-corrected chi connectivity index (χ0v) is 14.5. The maximum absolute atomic E-state index is 13.4. The normalized spacial score (nSPS) is 14.8. The van der Waals surface area contributed by atoms with Crippen molar-refractivity contribution in [2.45, 2.75) is 24.7 Å². The van der Waals surface area contributed by atoms with Gasteiger partial charge in [-0.2, -0.15) is 4.39 Å². The fourth-order valence-corrected chi connectivity index (χ4v) is 3.38. The zero-order valence-electron chi connectivity index (χ0n) is 13.7. The topological polar surface area (TPSA) is 126 Å². The van der Waals surface area contributed by atoms with E-state index in [0.717, 1.165) is 12.3 Å². The van der Waals surface area contributed by atoms with Crippen molar-refractivity contribution in [2.75, 3.05) is 12.8 Å². The highest BCUT2D eigenvalue weighted by Gasteiger charge is 2.24. The molecule has 1 aliphatic rings. The van der Waals surface area contributed by atoms with Gasteiger partial charge in [0.15, 0.2) is 0 Å². The standard InChI is InChI=1S/C15H15FN4O5S/c1-26(24,25)15-17-12-4-5-19(8-10(12)14(21)18-15)7-9-2-3-11(16)13(6-9)20(22)23/h2-3,6H,4-5,7-8H2,1H3,(H,17,18,21). The first-order valence-corrected chi connectivity index (χ1v) is 9.51. The Kier molecular flexibility index (Phi) is 4.59. The van der Waals surface area contributed by atoms with Gasteiger partial charge >= 0.3 is 5.69 Å². The second-order valence-electron chi connectivity index (χ2n) is 6.07. The van der Waals surface area contributed by atoms with Gasteiger partial charge in [-0.05, 0) is 11.6 Å². The lowest BCUT2D eigenvalue weighted by molar-refractivity contribution is -0.387. The number of hydrogen-bond acceptors (Lipinski definition) is 7. The third-order valence-electron chi connectivity index (χ3n) is 4.09. The van der Waals surface area contributed by atoms with Crippen molar-refractivity contribution in [1.29, 1.82) is 0 Å². The predicted octanol–water partition coefficient (Wildman–Crippen LogP) is 0.779. The SMILES string of the molecule is CS(=O)(=O)c1nc2c(c(=O)[nH]1)CN(Cc1ccc(F)c([N+](=O)[O-])c1)CC2. The Bertz CT molecular complexity index is 1050. The number of nitrogens with zero attached hydrogens (tertiary/aromatic N) is 3. The number of nitro groups is 1. The highest BCUT2D eigenvalue weighted by molar-refractivity contribution is 7.90. The Hall–Kier alpha value is -2.66. The molecule has 0 saturated carbocycles. The minimum atomic E-state index is -3.62. The van der Waals surface area contributed by atoms with Gasteiger partial charge in [-0.1, -0.05) is 6.07 Å². The molecule has 1 N–H and O–H groups in total. The molecule has 3 rings (SSSR count). The summed E-state index contributed by atoms with van der Waals surface area (Å²) in [5.41, 5.74) is 0.205. The number of hydrogen-bond donors (Lipinski definition) is 1. The molecule has 0 fully saturated rings. The summed E-state index contributed by atoms with van der Waals surface area (Å²) in [6.45, 7) is 0.985. The zero-order chi connectivity index (χ0) is 19.1. The van der Waals surface area contributed by atoms with Crippen LogP contribution in [0.1, 0.15) is 16.8 Å². The molecule has 1 aliphatic heterocycles. The van der Waals surface area contributed by atoms with Crippen molar-refractivity contribution in [2.24, 2.45) is 0 Å². The summed E-state index contributed by atoms with van der Waals surface area (Å²) < 4.78 is 36.5. The molecule has 2 heterocycles. The van der Waals surface area contributed by atoms with E-state index in [1.54, 1.807) is 0 Å². The lowest BCUT2D eigenvalue weighted by Gasteiger charge is -2.27. The Morgan fingerprint density at radius 2 is 2.15 bits per heavy atom. The van der Waals surface area contributed by atoms with Crippen molar-refractivity contribution in [3.8, 4) is 0 Å². The highest BCUT2D eigenvalue weighted by Crippen LogP contribution is 2.22. The number of nitrogens with one attached hydrogen (secondary N) is 1. The fourth-order valence-electron chi connectivity index (χ4n) is 2.82. The smallest absolute Gasteiger partial charge is 0.297 e. The van der Waals surface area contributed by atoms with Gasteiger partial charge < -0.3 is 0 Å². The van der Waals surface area contributed by atoms with Crippen LogP contribution in [0.3, 0.4) is 0 Å². The number of nitro benzene ring substituents is 1. The van der Waals surface area contributed by atoms with Crippen LogP contribution in [0, 0.1) is 15.9 Å². The minimum Gasteiger partial charge on any atom is -0.297 e. The molecule has 2 aromatic rings. The van der Waals surface area contributed by atoms with Crippen LogP contribution in [0.5, 0.6) is 0 Å². The first kappa shape index (κ1) is 18.1. The molecule has 0 atom stereocenters. The number of H-pyrrole nitrogens is 1. The number of benzene rings is 1. The Morgan fingerprint density at radius 3 is 2.81 bits per heavy atom. The van der Waals surface area contributed by atoms with Gasteiger partial charge in [0.2, 0.25) is 20.8 Å². The third-order valence-corrected chi connectivity index (χ3v) is 4.99. The average Bonchev–Trinajstić information content (AvgIpc) is 2.56. The molecule has 138 valence electrons. The summed E-state index contributed by atoms with van der Waals surface area (Å²) in [7, 11) is -3.62. The number of halogens is 1. The molecule has 0 spiro atoms. The maximum Gasteiger partial charge on any atom is 0.305 e. The summed E-state index contributed by atoms with van der Waals surface area (Å²) in [4.78, 5) is 30.4. The van der Waals surface area contributed by atoms with E-state index < -0.39 is 31.8 Å². The highest BCUT2D eigenvalue weighted by atomic mass is 32.2. The summed E-state index contributed by atoms with van der Waals surface area (Å²) in [5, 5.41) is 10.5. The summed E-state index contributed by atoms with van der Waals surface area (Å²) in [6.07, 6.45) is 1.33. The summed E-state index contributed by atoms with van der Waals surface area (Å²) in [6, 6.07) is 3.66. The van der Waals surface area contributed by atoms with E-state index in [9.17, 15) is 27.7 Å². The number of aromatic amines is 1. The summed E-state index contributed by atoms with van der Waals surface area (Å²) >= 11 is 0. The van der Waals surface area contributed by atoms with E-state index in [0.29, 0.717) is 29.8 Å². The minimum absolute atomic E-state index is 0.215. The second kappa shape index (κ2) is 6.57. The van der Waals surface area contributed by atoms with Crippen molar-refractivity contribution >= 4 is 15.5 Å². The molecule has 0 aliphatic carbocycles. The van der Waals surface area contributed by atoms with Crippen LogP contribution in [0.15, 0.2) is 28.2 Å². The molecule has 11 heteroatoms. The van der Waals surface area contributed by atoms with Gasteiger partial charge in [0.25, 0.3) is 5.56 Å². The van der Waals surface area contributed by atoms with Gasteiger partial charge in [0, 0.05) is 38.4 Å².